The van der Waals surface area contributed by atoms with Crippen LogP contribution in [0, 0.1) is 5.92 Å². The van der Waals surface area contributed by atoms with E-state index in [-0.39, 0.29) is 0 Å². The Bertz CT molecular complexity index is 801. The first-order chi connectivity index (χ1) is 12.7. The monoisotopic (exact) mass is 346 g/mol. The summed E-state index contributed by atoms with van der Waals surface area (Å²) in [5.74, 6) is 0.696. The predicted molar refractivity (Wildman–Crippen MR) is 109 cm³/mol. The molecule has 0 unspecified atom stereocenters. The molecule has 134 valence electrons. The van der Waals surface area contributed by atoms with Gasteiger partial charge in [0.2, 0.25) is 0 Å². The predicted octanol–water partition coefficient (Wildman–Crippen LogP) is 6.20. The van der Waals surface area contributed by atoms with E-state index in [9.17, 15) is 0 Å². The highest BCUT2D eigenvalue weighted by atomic mass is 16.6. The van der Waals surface area contributed by atoms with Gasteiger partial charge in [0, 0.05) is 17.3 Å². The summed E-state index contributed by atoms with van der Waals surface area (Å²) in [7, 11) is 0. The molecule has 0 amide bonds. The standard InChI is InChI=1S/C23H26N2O/c1-18(2)10-9-15-26-25-22-16-21(19-11-5-3-6-12-19)17-24-23(22)20-13-7-4-8-14-20/h3-8,11-14,16-18,25H,9-10,15H2,1-2H3. The molecule has 0 spiro atoms. The molecule has 0 radical (unpaired) electrons. The lowest BCUT2D eigenvalue weighted by Crippen LogP contribution is -2.06. The van der Waals surface area contributed by atoms with Crippen LogP contribution >= 0.6 is 0 Å². The van der Waals surface area contributed by atoms with Crippen molar-refractivity contribution in [1.82, 2.24) is 4.98 Å². The number of nitrogens with one attached hydrogen (secondary N) is 1. The van der Waals surface area contributed by atoms with Crippen LogP contribution in [0.5, 0.6) is 0 Å². The van der Waals surface area contributed by atoms with Crippen LogP contribution in [0.25, 0.3) is 22.4 Å². The smallest absolute Gasteiger partial charge is 0.0956 e. The van der Waals surface area contributed by atoms with Crippen molar-refractivity contribution in [2.45, 2.75) is 26.7 Å². The largest absolute Gasteiger partial charge is 0.276 e. The average Bonchev–Trinajstić information content (AvgIpc) is 2.69. The van der Waals surface area contributed by atoms with E-state index in [1.807, 2.05) is 42.6 Å². The average molecular weight is 346 g/mol. The van der Waals surface area contributed by atoms with Gasteiger partial charge in [-0.3, -0.25) is 15.3 Å². The number of anilines is 1. The molecule has 3 rings (SSSR count). The van der Waals surface area contributed by atoms with Gasteiger partial charge in [-0.05, 0) is 30.4 Å². The van der Waals surface area contributed by atoms with Gasteiger partial charge in [0.15, 0.2) is 0 Å². The molecule has 0 aliphatic rings. The molecule has 0 bridgehead atoms. The number of rotatable bonds is 8. The highest BCUT2D eigenvalue weighted by Gasteiger charge is 2.09. The van der Waals surface area contributed by atoms with Crippen molar-refractivity contribution in [1.29, 1.82) is 0 Å². The summed E-state index contributed by atoms with van der Waals surface area (Å²) in [6.07, 6.45) is 4.12. The Hall–Kier alpha value is -2.65. The summed E-state index contributed by atoms with van der Waals surface area (Å²) < 4.78 is 0. The van der Waals surface area contributed by atoms with Crippen LogP contribution in [0.15, 0.2) is 72.9 Å². The highest BCUT2D eigenvalue weighted by Crippen LogP contribution is 2.30. The van der Waals surface area contributed by atoms with Gasteiger partial charge in [-0.2, -0.15) is 0 Å². The first kappa shape index (κ1) is 18.2. The van der Waals surface area contributed by atoms with Gasteiger partial charge in [0.25, 0.3) is 0 Å². The molecule has 0 aliphatic heterocycles. The van der Waals surface area contributed by atoms with Crippen LogP contribution in [-0.4, -0.2) is 11.6 Å². The molecule has 3 aromatic rings. The molecular weight excluding hydrogens is 320 g/mol. The van der Waals surface area contributed by atoms with Crippen LogP contribution in [0.1, 0.15) is 26.7 Å². The molecular formula is C23H26N2O. The van der Waals surface area contributed by atoms with E-state index in [4.69, 9.17) is 9.82 Å². The molecule has 1 aromatic heterocycles. The van der Waals surface area contributed by atoms with Gasteiger partial charge in [0.1, 0.15) is 0 Å². The first-order valence-corrected chi connectivity index (χ1v) is 9.22. The quantitative estimate of drug-likeness (QED) is 0.390. The third-order valence-electron chi connectivity index (χ3n) is 4.25. The lowest BCUT2D eigenvalue weighted by Gasteiger charge is -2.14. The van der Waals surface area contributed by atoms with Crippen molar-refractivity contribution in [2.75, 3.05) is 12.1 Å². The number of pyridine rings is 1. The normalized spacial score (nSPS) is 10.9. The minimum atomic E-state index is 0.683. The lowest BCUT2D eigenvalue weighted by atomic mass is 10.0. The number of hydrogen-bond acceptors (Lipinski definition) is 3. The van der Waals surface area contributed by atoms with Gasteiger partial charge < -0.3 is 0 Å². The lowest BCUT2D eigenvalue weighted by molar-refractivity contribution is 0.184. The maximum atomic E-state index is 5.73. The number of aromatic nitrogens is 1. The van der Waals surface area contributed by atoms with E-state index >= 15 is 0 Å². The zero-order chi connectivity index (χ0) is 18.2. The van der Waals surface area contributed by atoms with E-state index in [1.165, 1.54) is 0 Å². The van der Waals surface area contributed by atoms with Crippen LogP contribution in [0.4, 0.5) is 5.69 Å². The van der Waals surface area contributed by atoms with Crippen molar-refractivity contribution in [2.24, 2.45) is 5.92 Å². The first-order valence-electron chi connectivity index (χ1n) is 9.22. The molecule has 0 saturated carbocycles. The van der Waals surface area contributed by atoms with Crippen LogP contribution < -0.4 is 5.48 Å². The Kier molecular flexibility index (Phi) is 6.39. The maximum absolute atomic E-state index is 5.73. The summed E-state index contributed by atoms with van der Waals surface area (Å²) in [6, 6.07) is 22.6. The Balaban J connectivity index is 1.82. The summed E-state index contributed by atoms with van der Waals surface area (Å²) >= 11 is 0. The molecule has 0 atom stereocenters. The molecule has 1 heterocycles. The number of benzene rings is 2. The van der Waals surface area contributed by atoms with Crippen molar-refractivity contribution in [3.8, 4) is 22.4 Å². The molecule has 2 aromatic carbocycles. The molecule has 0 aliphatic carbocycles. The SMILES string of the molecule is CC(C)CCCONc1cc(-c2ccccc2)cnc1-c1ccccc1. The Morgan fingerprint density at radius 1 is 0.885 bits per heavy atom. The van der Waals surface area contributed by atoms with E-state index in [1.54, 1.807) is 0 Å². The summed E-state index contributed by atoms with van der Waals surface area (Å²) in [5.41, 5.74) is 8.20. The fourth-order valence-electron chi connectivity index (χ4n) is 2.85. The number of hydrogen-bond donors (Lipinski definition) is 1. The summed E-state index contributed by atoms with van der Waals surface area (Å²) in [6.45, 7) is 5.14. The van der Waals surface area contributed by atoms with Crippen LogP contribution in [0.2, 0.25) is 0 Å². The van der Waals surface area contributed by atoms with Gasteiger partial charge in [-0.25, -0.2) is 0 Å². The molecule has 0 fully saturated rings. The number of nitrogens with zero attached hydrogens (tertiary/aromatic N) is 1. The Labute approximate surface area is 156 Å². The zero-order valence-corrected chi connectivity index (χ0v) is 15.5. The Morgan fingerprint density at radius 2 is 1.54 bits per heavy atom. The second kappa shape index (κ2) is 9.16. The van der Waals surface area contributed by atoms with Crippen LogP contribution in [0.3, 0.4) is 0 Å². The third kappa shape index (κ3) is 4.93. The Morgan fingerprint density at radius 3 is 2.19 bits per heavy atom. The fraction of sp³-hybridized carbons (Fsp3) is 0.261. The second-order valence-corrected chi connectivity index (χ2v) is 6.84. The van der Waals surface area contributed by atoms with Crippen molar-refractivity contribution < 1.29 is 4.84 Å². The van der Waals surface area contributed by atoms with E-state index in [0.717, 1.165) is 40.9 Å². The van der Waals surface area contributed by atoms with Gasteiger partial charge in [-0.1, -0.05) is 74.5 Å². The molecule has 0 saturated heterocycles. The third-order valence-corrected chi connectivity index (χ3v) is 4.25. The molecule has 3 heteroatoms. The highest BCUT2D eigenvalue weighted by molar-refractivity contribution is 5.78. The van der Waals surface area contributed by atoms with Crippen LogP contribution in [-0.2, 0) is 4.84 Å². The topological polar surface area (TPSA) is 34.1 Å². The van der Waals surface area contributed by atoms with E-state index in [2.05, 4.69) is 49.7 Å². The van der Waals surface area contributed by atoms with Crippen molar-refractivity contribution in [3.05, 3.63) is 72.9 Å². The van der Waals surface area contributed by atoms with E-state index in [0.29, 0.717) is 12.5 Å². The zero-order valence-electron chi connectivity index (χ0n) is 15.5. The second-order valence-electron chi connectivity index (χ2n) is 6.84. The molecule has 1 N–H and O–H groups in total. The van der Waals surface area contributed by atoms with Gasteiger partial charge in [-0.15, -0.1) is 0 Å². The summed E-state index contributed by atoms with van der Waals surface area (Å²) in [5, 5.41) is 0. The van der Waals surface area contributed by atoms with Gasteiger partial charge in [0.05, 0.1) is 18.0 Å². The minimum absolute atomic E-state index is 0.683. The van der Waals surface area contributed by atoms with Crippen molar-refractivity contribution in [3.63, 3.8) is 0 Å². The molecule has 26 heavy (non-hydrogen) atoms. The summed E-state index contributed by atoms with van der Waals surface area (Å²) in [4.78, 5) is 10.4. The van der Waals surface area contributed by atoms with E-state index < -0.39 is 0 Å². The van der Waals surface area contributed by atoms with Gasteiger partial charge >= 0.3 is 0 Å². The minimum Gasteiger partial charge on any atom is -0.276 e. The molecule has 3 nitrogen and oxygen atoms in total. The maximum Gasteiger partial charge on any atom is 0.0956 e. The van der Waals surface area contributed by atoms with Crippen molar-refractivity contribution >= 4 is 5.69 Å². The fourth-order valence-corrected chi connectivity index (χ4v) is 2.85.